The molecule has 0 saturated heterocycles. The Morgan fingerprint density at radius 3 is 2.85 bits per heavy atom. The summed E-state index contributed by atoms with van der Waals surface area (Å²) in [6.07, 6.45) is 5.07. The third-order valence-corrected chi connectivity index (χ3v) is 2.83. The second-order valence-electron chi connectivity index (χ2n) is 4.15. The van der Waals surface area contributed by atoms with Crippen molar-refractivity contribution in [2.75, 3.05) is 0 Å². The van der Waals surface area contributed by atoms with Crippen LogP contribution in [0, 0.1) is 12.8 Å². The number of nitrogens with zero attached hydrogens (tertiary/aromatic N) is 2. The molecule has 1 fully saturated rings. The van der Waals surface area contributed by atoms with Crippen LogP contribution in [0.4, 0.5) is 0 Å². The standard InChI is InChI=1S/C10H16N2O/c1-7-4-3-5-9(6-7)10-11-8(2)12-13-10/h7,9H,3-6H2,1-2H3. The maximum absolute atomic E-state index is 5.19. The molecule has 72 valence electrons. The van der Waals surface area contributed by atoms with E-state index >= 15 is 0 Å². The first kappa shape index (κ1) is 8.73. The van der Waals surface area contributed by atoms with Crippen molar-refractivity contribution in [1.82, 2.24) is 10.1 Å². The number of aromatic nitrogens is 2. The Labute approximate surface area is 78.5 Å². The van der Waals surface area contributed by atoms with E-state index in [0.717, 1.165) is 17.6 Å². The van der Waals surface area contributed by atoms with Gasteiger partial charge < -0.3 is 4.52 Å². The quantitative estimate of drug-likeness (QED) is 0.667. The average Bonchev–Trinajstić information content (AvgIpc) is 2.52. The molecule has 1 aliphatic rings. The zero-order valence-electron chi connectivity index (χ0n) is 8.29. The van der Waals surface area contributed by atoms with Crippen LogP contribution >= 0.6 is 0 Å². The summed E-state index contributed by atoms with van der Waals surface area (Å²) in [5, 5.41) is 3.83. The van der Waals surface area contributed by atoms with Gasteiger partial charge in [0.1, 0.15) is 0 Å². The van der Waals surface area contributed by atoms with Gasteiger partial charge in [0.05, 0.1) is 0 Å². The third kappa shape index (κ3) is 1.90. The smallest absolute Gasteiger partial charge is 0.229 e. The van der Waals surface area contributed by atoms with Crippen molar-refractivity contribution in [3.63, 3.8) is 0 Å². The highest BCUT2D eigenvalue weighted by atomic mass is 16.5. The number of hydrogen-bond donors (Lipinski definition) is 0. The van der Waals surface area contributed by atoms with Gasteiger partial charge in [-0.1, -0.05) is 24.9 Å². The zero-order valence-corrected chi connectivity index (χ0v) is 8.29. The normalized spacial score (nSPS) is 29.1. The van der Waals surface area contributed by atoms with E-state index in [0.29, 0.717) is 5.92 Å². The molecule has 1 aliphatic carbocycles. The summed E-state index contributed by atoms with van der Waals surface area (Å²) in [7, 11) is 0. The van der Waals surface area contributed by atoms with Gasteiger partial charge in [-0.15, -0.1) is 0 Å². The van der Waals surface area contributed by atoms with Crippen LogP contribution in [0.25, 0.3) is 0 Å². The molecule has 0 aliphatic heterocycles. The van der Waals surface area contributed by atoms with Gasteiger partial charge in [-0.25, -0.2) is 0 Å². The van der Waals surface area contributed by atoms with Crippen LogP contribution in [-0.2, 0) is 0 Å². The Balaban J connectivity index is 2.08. The molecule has 0 bridgehead atoms. The maximum atomic E-state index is 5.19. The predicted molar refractivity (Wildman–Crippen MR) is 49.4 cm³/mol. The molecule has 1 aromatic rings. The third-order valence-electron chi connectivity index (χ3n) is 2.83. The topological polar surface area (TPSA) is 38.9 Å². The van der Waals surface area contributed by atoms with Crippen molar-refractivity contribution in [3.8, 4) is 0 Å². The molecule has 1 saturated carbocycles. The molecule has 1 heterocycles. The van der Waals surface area contributed by atoms with Crippen molar-refractivity contribution in [1.29, 1.82) is 0 Å². The van der Waals surface area contributed by atoms with Crippen molar-refractivity contribution in [2.45, 2.75) is 45.4 Å². The van der Waals surface area contributed by atoms with E-state index in [1.807, 2.05) is 6.92 Å². The minimum Gasteiger partial charge on any atom is -0.339 e. The molecular formula is C10H16N2O. The zero-order chi connectivity index (χ0) is 9.26. The summed E-state index contributed by atoms with van der Waals surface area (Å²) in [4.78, 5) is 4.29. The van der Waals surface area contributed by atoms with E-state index in [1.165, 1.54) is 25.7 Å². The van der Waals surface area contributed by atoms with Crippen molar-refractivity contribution in [3.05, 3.63) is 11.7 Å². The molecule has 0 amide bonds. The fourth-order valence-electron chi connectivity index (χ4n) is 2.14. The fourth-order valence-corrected chi connectivity index (χ4v) is 2.14. The summed E-state index contributed by atoms with van der Waals surface area (Å²) in [6.45, 7) is 4.18. The lowest BCUT2D eigenvalue weighted by Crippen LogP contribution is -2.11. The summed E-state index contributed by atoms with van der Waals surface area (Å²) in [5.41, 5.74) is 0. The van der Waals surface area contributed by atoms with Crippen LogP contribution in [0.15, 0.2) is 4.52 Å². The first-order chi connectivity index (χ1) is 6.25. The summed E-state index contributed by atoms with van der Waals surface area (Å²) in [5.74, 6) is 2.94. The predicted octanol–water partition coefficient (Wildman–Crippen LogP) is 2.67. The SMILES string of the molecule is Cc1noc(C2CCCC(C)C2)n1. The highest BCUT2D eigenvalue weighted by molar-refractivity contribution is 4.95. The van der Waals surface area contributed by atoms with Crippen LogP contribution in [0.3, 0.4) is 0 Å². The minimum absolute atomic E-state index is 0.518. The summed E-state index contributed by atoms with van der Waals surface area (Å²) < 4.78 is 5.19. The lowest BCUT2D eigenvalue weighted by Gasteiger charge is -2.23. The molecule has 1 aromatic heterocycles. The first-order valence-electron chi connectivity index (χ1n) is 5.06. The molecule has 0 radical (unpaired) electrons. The Bertz CT molecular complexity index is 282. The molecule has 2 unspecified atom stereocenters. The molecule has 2 atom stereocenters. The van der Waals surface area contributed by atoms with Crippen LogP contribution in [0.5, 0.6) is 0 Å². The molecule has 3 heteroatoms. The van der Waals surface area contributed by atoms with Crippen LogP contribution in [0.2, 0.25) is 0 Å². The molecule has 0 spiro atoms. The van der Waals surface area contributed by atoms with Crippen LogP contribution in [0.1, 0.15) is 50.2 Å². The van der Waals surface area contributed by atoms with E-state index in [-0.39, 0.29) is 0 Å². The van der Waals surface area contributed by atoms with Gasteiger partial charge in [0, 0.05) is 5.92 Å². The Morgan fingerprint density at radius 1 is 1.38 bits per heavy atom. The number of rotatable bonds is 1. The molecule has 0 N–H and O–H groups in total. The van der Waals surface area contributed by atoms with E-state index in [4.69, 9.17) is 4.52 Å². The molecular weight excluding hydrogens is 164 g/mol. The largest absolute Gasteiger partial charge is 0.339 e. The molecule has 2 rings (SSSR count). The Kier molecular flexibility index (Phi) is 2.34. The van der Waals surface area contributed by atoms with Crippen LogP contribution < -0.4 is 0 Å². The highest BCUT2D eigenvalue weighted by Crippen LogP contribution is 2.34. The minimum atomic E-state index is 0.518. The van der Waals surface area contributed by atoms with E-state index in [9.17, 15) is 0 Å². The van der Waals surface area contributed by atoms with Gasteiger partial charge in [0.25, 0.3) is 0 Å². The number of hydrogen-bond acceptors (Lipinski definition) is 3. The lowest BCUT2D eigenvalue weighted by atomic mass is 9.82. The first-order valence-corrected chi connectivity index (χ1v) is 5.06. The van der Waals surface area contributed by atoms with Crippen molar-refractivity contribution < 1.29 is 4.52 Å². The van der Waals surface area contributed by atoms with Crippen molar-refractivity contribution in [2.24, 2.45) is 5.92 Å². The second-order valence-corrected chi connectivity index (χ2v) is 4.15. The van der Waals surface area contributed by atoms with E-state index in [1.54, 1.807) is 0 Å². The maximum Gasteiger partial charge on any atom is 0.229 e. The molecule has 13 heavy (non-hydrogen) atoms. The van der Waals surface area contributed by atoms with Gasteiger partial charge in [-0.05, 0) is 25.7 Å². The fraction of sp³-hybridized carbons (Fsp3) is 0.800. The van der Waals surface area contributed by atoms with E-state index < -0.39 is 0 Å². The summed E-state index contributed by atoms with van der Waals surface area (Å²) >= 11 is 0. The molecule has 3 nitrogen and oxygen atoms in total. The Hall–Kier alpha value is -0.860. The monoisotopic (exact) mass is 180 g/mol. The van der Waals surface area contributed by atoms with Crippen LogP contribution in [-0.4, -0.2) is 10.1 Å². The summed E-state index contributed by atoms with van der Waals surface area (Å²) in [6, 6.07) is 0. The lowest BCUT2D eigenvalue weighted by molar-refractivity contribution is 0.275. The highest BCUT2D eigenvalue weighted by Gasteiger charge is 2.24. The number of aryl methyl sites for hydroxylation is 1. The van der Waals surface area contributed by atoms with E-state index in [2.05, 4.69) is 17.1 Å². The van der Waals surface area contributed by atoms with Gasteiger partial charge in [0.2, 0.25) is 5.89 Å². The van der Waals surface area contributed by atoms with Crippen molar-refractivity contribution >= 4 is 0 Å². The van der Waals surface area contributed by atoms with Gasteiger partial charge >= 0.3 is 0 Å². The Morgan fingerprint density at radius 2 is 2.23 bits per heavy atom. The average molecular weight is 180 g/mol. The van der Waals surface area contributed by atoms with Gasteiger partial charge in [-0.3, -0.25) is 0 Å². The van der Waals surface area contributed by atoms with Gasteiger partial charge in [0.15, 0.2) is 5.82 Å². The second kappa shape index (κ2) is 3.48. The molecule has 0 aromatic carbocycles. The van der Waals surface area contributed by atoms with Gasteiger partial charge in [-0.2, -0.15) is 4.98 Å².